The summed E-state index contributed by atoms with van der Waals surface area (Å²) in [5, 5.41) is 3.50. The van der Waals surface area contributed by atoms with Gasteiger partial charge in [-0.15, -0.1) is 0 Å². The maximum atomic E-state index is 3.50. The van der Waals surface area contributed by atoms with E-state index in [0.29, 0.717) is 0 Å². The molecule has 2 nitrogen and oxygen atoms in total. The van der Waals surface area contributed by atoms with Gasteiger partial charge < -0.3 is 10.2 Å². The van der Waals surface area contributed by atoms with Crippen LogP contribution >= 0.6 is 0 Å². The van der Waals surface area contributed by atoms with Gasteiger partial charge >= 0.3 is 0 Å². The molecule has 17 heavy (non-hydrogen) atoms. The first-order valence-corrected chi connectivity index (χ1v) is 7.63. The molecule has 0 bridgehead atoms. The average molecular weight is 238 g/mol. The van der Waals surface area contributed by atoms with E-state index in [1.54, 1.807) is 0 Å². The smallest absolute Gasteiger partial charge is 0.00928 e. The lowest BCUT2D eigenvalue weighted by Crippen LogP contribution is -2.43. The highest BCUT2D eigenvalue weighted by atomic mass is 15.2. The van der Waals surface area contributed by atoms with Crippen molar-refractivity contribution in [3.05, 3.63) is 0 Å². The van der Waals surface area contributed by atoms with E-state index in [2.05, 4.69) is 31.1 Å². The monoisotopic (exact) mass is 238 g/mol. The molecule has 1 saturated heterocycles. The number of rotatable bonds is 4. The Kier molecular flexibility index (Phi) is 4.87. The normalized spacial score (nSPS) is 39.7. The summed E-state index contributed by atoms with van der Waals surface area (Å²) in [7, 11) is 2.13. The average Bonchev–Trinajstić information content (AvgIpc) is 2.78. The van der Waals surface area contributed by atoms with Crippen molar-refractivity contribution in [2.75, 3.05) is 20.1 Å². The lowest BCUT2D eigenvalue weighted by molar-refractivity contribution is 0.105. The van der Waals surface area contributed by atoms with Crippen LogP contribution in [0.5, 0.6) is 0 Å². The summed E-state index contributed by atoms with van der Waals surface area (Å²) >= 11 is 0. The van der Waals surface area contributed by atoms with Crippen molar-refractivity contribution < 1.29 is 0 Å². The highest BCUT2D eigenvalue weighted by molar-refractivity contribution is 4.84. The topological polar surface area (TPSA) is 15.3 Å². The molecule has 0 aromatic carbocycles. The zero-order valence-electron chi connectivity index (χ0n) is 11.9. The predicted molar refractivity (Wildman–Crippen MR) is 74.2 cm³/mol. The zero-order valence-corrected chi connectivity index (χ0v) is 11.9. The first kappa shape index (κ1) is 13.4. The second-order valence-electron chi connectivity index (χ2n) is 6.27. The Hall–Kier alpha value is -0.0800. The van der Waals surface area contributed by atoms with Crippen molar-refractivity contribution in [2.24, 2.45) is 11.8 Å². The van der Waals surface area contributed by atoms with Crippen LogP contribution in [0.4, 0.5) is 0 Å². The quantitative estimate of drug-likeness (QED) is 0.810. The van der Waals surface area contributed by atoms with Gasteiger partial charge in [-0.1, -0.05) is 13.3 Å². The number of likely N-dealkylation sites (tertiary alicyclic amines) is 1. The number of nitrogens with one attached hydrogen (secondary N) is 1. The van der Waals surface area contributed by atoms with Crippen LogP contribution < -0.4 is 5.32 Å². The Morgan fingerprint density at radius 3 is 2.71 bits per heavy atom. The standard InChI is InChI=1S/C15H30N2/c1-12-6-5-10-17(13(12)2)11-9-14-7-4-8-15(14)16-3/h12-16H,4-11H2,1-3H3. The van der Waals surface area contributed by atoms with E-state index in [9.17, 15) is 0 Å². The van der Waals surface area contributed by atoms with Crippen LogP contribution in [0.15, 0.2) is 0 Å². The molecule has 1 saturated carbocycles. The van der Waals surface area contributed by atoms with Crippen LogP contribution in [-0.4, -0.2) is 37.1 Å². The minimum atomic E-state index is 0.799. The van der Waals surface area contributed by atoms with E-state index in [1.807, 2.05) is 0 Å². The van der Waals surface area contributed by atoms with Gasteiger partial charge in [0.15, 0.2) is 0 Å². The summed E-state index contributed by atoms with van der Waals surface area (Å²) in [5.41, 5.74) is 0. The van der Waals surface area contributed by atoms with Crippen molar-refractivity contribution in [3.8, 4) is 0 Å². The van der Waals surface area contributed by atoms with Crippen molar-refractivity contribution >= 4 is 0 Å². The van der Waals surface area contributed by atoms with Crippen LogP contribution in [0.2, 0.25) is 0 Å². The van der Waals surface area contributed by atoms with E-state index >= 15 is 0 Å². The molecule has 4 atom stereocenters. The van der Waals surface area contributed by atoms with Crippen molar-refractivity contribution in [1.29, 1.82) is 0 Å². The Labute approximate surface area is 107 Å². The summed E-state index contributed by atoms with van der Waals surface area (Å²) in [6, 6.07) is 1.60. The third-order valence-corrected chi connectivity index (χ3v) is 5.32. The molecular formula is C15H30N2. The predicted octanol–water partition coefficient (Wildman–Crippen LogP) is 2.89. The molecule has 0 aromatic rings. The van der Waals surface area contributed by atoms with Gasteiger partial charge in [0.1, 0.15) is 0 Å². The van der Waals surface area contributed by atoms with Gasteiger partial charge in [-0.05, 0) is 71.0 Å². The highest BCUT2D eigenvalue weighted by Gasteiger charge is 2.28. The van der Waals surface area contributed by atoms with E-state index in [-0.39, 0.29) is 0 Å². The Balaban J connectivity index is 1.77. The molecule has 2 heteroatoms. The Morgan fingerprint density at radius 1 is 1.12 bits per heavy atom. The molecule has 4 unspecified atom stereocenters. The van der Waals surface area contributed by atoms with Crippen LogP contribution in [-0.2, 0) is 0 Å². The molecular weight excluding hydrogens is 208 g/mol. The van der Waals surface area contributed by atoms with Gasteiger partial charge in [-0.25, -0.2) is 0 Å². The SMILES string of the molecule is CNC1CCCC1CCN1CCCC(C)C1C. The zero-order chi connectivity index (χ0) is 12.3. The summed E-state index contributed by atoms with van der Waals surface area (Å²) in [6.07, 6.45) is 8.52. The molecule has 2 rings (SSSR count). The van der Waals surface area contributed by atoms with E-state index in [1.165, 1.54) is 51.6 Å². The number of hydrogen-bond donors (Lipinski definition) is 1. The van der Waals surface area contributed by atoms with E-state index in [4.69, 9.17) is 0 Å². The van der Waals surface area contributed by atoms with Gasteiger partial charge in [0.2, 0.25) is 0 Å². The molecule has 2 aliphatic rings. The second kappa shape index (κ2) is 6.19. The Bertz CT molecular complexity index is 229. The first-order valence-electron chi connectivity index (χ1n) is 7.63. The Morgan fingerprint density at radius 2 is 1.94 bits per heavy atom. The fraction of sp³-hybridized carbons (Fsp3) is 1.00. The number of nitrogens with zero attached hydrogens (tertiary/aromatic N) is 1. The summed E-state index contributed by atoms with van der Waals surface area (Å²) < 4.78 is 0. The number of hydrogen-bond acceptors (Lipinski definition) is 2. The van der Waals surface area contributed by atoms with Gasteiger partial charge in [-0.2, -0.15) is 0 Å². The fourth-order valence-corrected chi connectivity index (χ4v) is 3.83. The molecule has 1 aliphatic carbocycles. The minimum absolute atomic E-state index is 0.799. The second-order valence-corrected chi connectivity index (χ2v) is 6.27. The highest BCUT2D eigenvalue weighted by Crippen LogP contribution is 2.30. The molecule has 0 amide bonds. The van der Waals surface area contributed by atoms with Crippen LogP contribution in [0.1, 0.15) is 52.4 Å². The molecule has 1 N–H and O–H groups in total. The summed E-state index contributed by atoms with van der Waals surface area (Å²) in [4.78, 5) is 2.74. The van der Waals surface area contributed by atoms with Crippen molar-refractivity contribution in [2.45, 2.75) is 64.5 Å². The third kappa shape index (κ3) is 3.23. The van der Waals surface area contributed by atoms with Crippen LogP contribution in [0.3, 0.4) is 0 Å². The van der Waals surface area contributed by atoms with Crippen LogP contribution in [0.25, 0.3) is 0 Å². The lowest BCUT2D eigenvalue weighted by atomic mass is 9.91. The van der Waals surface area contributed by atoms with E-state index < -0.39 is 0 Å². The molecule has 2 fully saturated rings. The fourth-order valence-electron chi connectivity index (χ4n) is 3.83. The molecule has 0 spiro atoms. The maximum absolute atomic E-state index is 3.50. The van der Waals surface area contributed by atoms with Gasteiger partial charge in [-0.3, -0.25) is 0 Å². The van der Waals surface area contributed by atoms with Crippen molar-refractivity contribution in [1.82, 2.24) is 10.2 Å². The maximum Gasteiger partial charge on any atom is 0.00928 e. The number of piperidine rings is 1. The first-order chi connectivity index (χ1) is 8.22. The van der Waals surface area contributed by atoms with Crippen LogP contribution in [0, 0.1) is 11.8 Å². The van der Waals surface area contributed by atoms with Gasteiger partial charge in [0.25, 0.3) is 0 Å². The minimum Gasteiger partial charge on any atom is -0.317 e. The van der Waals surface area contributed by atoms with Crippen molar-refractivity contribution in [3.63, 3.8) is 0 Å². The molecule has 1 aliphatic heterocycles. The van der Waals surface area contributed by atoms with Gasteiger partial charge in [0, 0.05) is 12.1 Å². The van der Waals surface area contributed by atoms with Gasteiger partial charge in [0.05, 0.1) is 0 Å². The molecule has 0 radical (unpaired) electrons. The van der Waals surface area contributed by atoms with E-state index in [0.717, 1.165) is 23.9 Å². The third-order valence-electron chi connectivity index (χ3n) is 5.32. The largest absolute Gasteiger partial charge is 0.317 e. The molecule has 0 aromatic heterocycles. The lowest BCUT2D eigenvalue weighted by Gasteiger charge is -2.38. The molecule has 1 heterocycles. The summed E-state index contributed by atoms with van der Waals surface area (Å²) in [6.45, 7) is 7.51. The molecule has 100 valence electrons. The summed E-state index contributed by atoms with van der Waals surface area (Å²) in [5.74, 6) is 1.83.